The molecule has 3 aromatic rings. The summed E-state index contributed by atoms with van der Waals surface area (Å²) in [7, 11) is 0. The maximum Gasteiger partial charge on any atom is 0.274 e. The van der Waals surface area contributed by atoms with Crippen LogP contribution in [-0.2, 0) is 13.1 Å². The molecular weight excluding hydrogens is 405 g/mol. The Bertz CT molecular complexity index is 1160. The van der Waals surface area contributed by atoms with Crippen molar-refractivity contribution in [1.29, 1.82) is 0 Å². The predicted octanol–water partition coefficient (Wildman–Crippen LogP) is 3.78. The van der Waals surface area contributed by atoms with E-state index in [1.807, 2.05) is 30.3 Å². The van der Waals surface area contributed by atoms with E-state index in [0.29, 0.717) is 18.7 Å². The maximum absolute atomic E-state index is 13.5. The van der Waals surface area contributed by atoms with Gasteiger partial charge in [0.1, 0.15) is 11.5 Å². The molecular formula is C22H20FN3O3S. The number of carbonyl (C=O) groups is 1. The number of benzene rings is 2. The Balaban J connectivity index is 1.57. The molecule has 8 heteroatoms. The Hall–Kier alpha value is -3.26. The second-order valence-corrected chi connectivity index (χ2v) is 7.97. The molecule has 2 N–H and O–H groups in total. The number of aryl methyl sites for hydroxylation is 1. The number of nitrogens with zero attached hydrogens (tertiary/aromatic N) is 2. The molecule has 2 aromatic carbocycles. The highest BCUT2D eigenvalue weighted by Gasteiger charge is 2.29. The zero-order valence-electron chi connectivity index (χ0n) is 16.3. The second-order valence-electron chi connectivity index (χ2n) is 7.09. The number of amides is 1. The summed E-state index contributed by atoms with van der Waals surface area (Å²) in [5.41, 5.74) is 0.844. The number of aromatic nitrogens is 1. The van der Waals surface area contributed by atoms with Crippen LogP contribution >= 0.6 is 11.9 Å². The number of rotatable bonds is 5. The van der Waals surface area contributed by atoms with Gasteiger partial charge in [0.2, 0.25) is 5.43 Å². The fourth-order valence-electron chi connectivity index (χ4n) is 3.38. The van der Waals surface area contributed by atoms with Crippen LogP contribution in [0.3, 0.4) is 0 Å². The molecule has 30 heavy (non-hydrogen) atoms. The van der Waals surface area contributed by atoms with Crippen molar-refractivity contribution in [2.45, 2.75) is 24.9 Å². The lowest BCUT2D eigenvalue weighted by Gasteiger charge is -2.30. The fraction of sp³-hybridized carbons (Fsp3) is 0.182. The van der Waals surface area contributed by atoms with Crippen molar-refractivity contribution >= 4 is 23.5 Å². The lowest BCUT2D eigenvalue weighted by Crippen LogP contribution is -2.41. The molecule has 4 rings (SSSR count). The Labute approximate surface area is 177 Å². The van der Waals surface area contributed by atoms with Crippen molar-refractivity contribution in [3.8, 4) is 5.75 Å². The standard InChI is InChI=1S/C22H20FN3O3S/c1-14-11-15(7-8-17(14)23)12-26-10-9-25-13-18(20(27)21(28)19(25)22(26)29)24-30-16-5-3-2-4-6-16/h2-8,11,13,24,28H,9-10,12H2,1H3. The molecule has 154 valence electrons. The van der Waals surface area contributed by atoms with Gasteiger partial charge >= 0.3 is 0 Å². The molecule has 1 aliphatic heterocycles. The number of carbonyl (C=O) groups excluding carboxylic acids is 1. The average Bonchev–Trinajstić information content (AvgIpc) is 2.75. The van der Waals surface area contributed by atoms with Crippen LogP contribution in [-0.4, -0.2) is 27.0 Å². The molecule has 0 atom stereocenters. The predicted molar refractivity (Wildman–Crippen MR) is 114 cm³/mol. The quantitative estimate of drug-likeness (QED) is 0.609. The van der Waals surface area contributed by atoms with E-state index in [2.05, 4.69) is 4.72 Å². The van der Waals surface area contributed by atoms with Gasteiger partial charge in [-0.2, -0.15) is 0 Å². The molecule has 0 radical (unpaired) electrons. The molecule has 0 saturated heterocycles. The van der Waals surface area contributed by atoms with Gasteiger partial charge in [0.25, 0.3) is 5.91 Å². The highest BCUT2D eigenvalue weighted by molar-refractivity contribution is 8.00. The van der Waals surface area contributed by atoms with Crippen molar-refractivity contribution in [3.05, 3.63) is 87.6 Å². The highest BCUT2D eigenvalue weighted by atomic mass is 32.2. The van der Waals surface area contributed by atoms with Gasteiger partial charge < -0.3 is 19.3 Å². The van der Waals surface area contributed by atoms with Crippen LogP contribution in [0, 0.1) is 12.7 Å². The number of nitrogens with one attached hydrogen (secondary N) is 1. The van der Waals surface area contributed by atoms with Crippen LogP contribution in [0.5, 0.6) is 5.75 Å². The first-order chi connectivity index (χ1) is 14.4. The van der Waals surface area contributed by atoms with Crippen molar-refractivity contribution < 1.29 is 14.3 Å². The van der Waals surface area contributed by atoms with E-state index in [1.54, 1.807) is 34.7 Å². The lowest BCUT2D eigenvalue weighted by molar-refractivity contribution is 0.0683. The van der Waals surface area contributed by atoms with Gasteiger partial charge in [-0.15, -0.1) is 0 Å². The van der Waals surface area contributed by atoms with E-state index in [4.69, 9.17) is 0 Å². The van der Waals surface area contributed by atoms with Gasteiger partial charge in [0, 0.05) is 30.7 Å². The van der Waals surface area contributed by atoms with Gasteiger partial charge in [-0.1, -0.05) is 30.3 Å². The zero-order chi connectivity index (χ0) is 21.3. The minimum Gasteiger partial charge on any atom is -0.502 e. The Morgan fingerprint density at radius 2 is 1.90 bits per heavy atom. The van der Waals surface area contributed by atoms with Crippen molar-refractivity contribution in [2.75, 3.05) is 11.3 Å². The largest absolute Gasteiger partial charge is 0.502 e. The van der Waals surface area contributed by atoms with E-state index in [9.17, 15) is 19.1 Å². The summed E-state index contributed by atoms with van der Waals surface area (Å²) in [5.74, 6) is -1.30. The molecule has 1 aliphatic rings. The minimum atomic E-state index is -0.627. The summed E-state index contributed by atoms with van der Waals surface area (Å²) >= 11 is 1.25. The average molecular weight is 425 g/mol. The first-order valence-corrected chi connectivity index (χ1v) is 10.2. The monoisotopic (exact) mass is 425 g/mol. The topological polar surface area (TPSA) is 74.6 Å². The Morgan fingerprint density at radius 3 is 2.63 bits per heavy atom. The van der Waals surface area contributed by atoms with E-state index < -0.39 is 17.1 Å². The van der Waals surface area contributed by atoms with Crippen LogP contribution in [0.25, 0.3) is 0 Å². The third kappa shape index (κ3) is 3.91. The van der Waals surface area contributed by atoms with E-state index in [-0.39, 0.29) is 23.7 Å². The van der Waals surface area contributed by atoms with Crippen LogP contribution in [0.4, 0.5) is 10.1 Å². The van der Waals surface area contributed by atoms with Crippen molar-refractivity contribution in [3.63, 3.8) is 0 Å². The molecule has 6 nitrogen and oxygen atoms in total. The minimum absolute atomic E-state index is 0.0275. The van der Waals surface area contributed by atoms with Gasteiger partial charge in [0.05, 0.1) is 0 Å². The number of halogens is 1. The van der Waals surface area contributed by atoms with Crippen LogP contribution in [0.1, 0.15) is 21.6 Å². The summed E-state index contributed by atoms with van der Waals surface area (Å²) in [4.78, 5) is 28.0. The SMILES string of the molecule is Cc1cc(CN2CCn3cc(NSc4ccccc4)c(=O)c(O)c3C2=O)ccc1F. The van der Waals surface area contributed by atoms with E-state index in [0.717, 1.165) is 10.5 Å². The molecule has 1 amide bonds. The first kappa shape index (κ1) is 20.0. The van der Waals surface area contributed by atoms with Crippen molar-refractivity contribution in [2.24, 2.45) is 0 Å². The summed E-state index contributed by atoms with van der Waals surface area (Å²) < 4.78 is 18.1. The zero-order valence-corrected chi connectivity index (χ0v) is 17.1. The van der Waals surface area contributed by atoms with Gasteiger partial charge in [-0.3, -0.25) is 9.59 Å². The molecule has 1 aromatic heterocycles. The number of anilines is 1. The van der Waals surface area contributed by atoms with Gasteiger partial charge in [0.15, 0.2) is 11.4 Å². The summed E-state index contributed by atoms with van der Waals surface area (Å²) in [6.45, 7) is 2.78. The van der Waals surface area contributed by atoms with E-state index >= 15 is 0 Å². The van der Waals surface area contributed by atoms with Gasteiger partial charge in [-0.05, 0) is 48.2 Å². The number of fused-ring (bicyclic) bond motifs is 1. The second kappa shape index (κ2) is 8.23. The van der Waals surface area contributed by atoms with Crippen LogP contribution in [0.2, 0.25) is 0 Å². The maximum atomic E-state index is 13.5. The summed E-state index contributed by atoms with van der Waals surface area (Å²) in [6, 6.07) is 14.2. The number of hydrogen-bond donors (Lipinski definition) is 2. The summed E-state index contributed by atoms with van der Waals surface area (Å²) in [6.07, 6.45) is 1.56. The lowest BCUT2D eigenvalue weighted by atomic mass is 10.1. The molecule has 0 unspecified atom stereocenters. The number of hydrogen-bond acceptors (Lipinski definition) is 5. The molecule has 0 bridgehead atoms. The summed E-state index contributed by atoms with van der Waals surface area (Å²) in [5, 5.41) is 10.5. The Kier molecular flexibility index (Phi) is 5.50. The number of aromatic hydroxyl groups is 1. The van der Waals surface area contributed by atoms with Gasteiger partial charge in [-0.25, -0.2) is 4.39 Å². The highest BCUT2D eigenvalue weighted by Crippen LogP contribution is 2.26. The third-order valence-electron chi connectivity index (χ3n) is 4.97. The molecule has 0 aliphatic carbocycles. The smallest absolute Gasteiger partial charge is 0.274 e. The normalized spacial score (nSPS) is 13.3. The van der Waals surface area contributed by atoms with Crippen LogP contribution in [0.15, 0.2) is 64.4 Å². The molecule has 0 saturated carbocycles. The van der Waals surface area contributed by atoms with Crippen LogP contribution < -0.4 is 10.2 Å². The Morgan fingerprint density at radius 1 is 1.13 bits per heavy atom. The first-order valence-electron chi connectivity index (χ1n) is 9.42. The van der Waals surface area contributed by atoms with E-state index in [1.165, 1.54) is 18.0 Å². The number of pyridine rings is 1. The molecule has 0 fully saturated rings. The fourth-order valence-corrected chi connectivity index (χ4v) is 4.05. The third-order valence-corrected chi connectivity index (χ3v) is 5.80. The molecule has 2 heterocycles. The molecule has 0 spiro atoms. The van der Waals surface area contributed by atoms with Crippen molar-refractivity contribution in [1.82, 2.24) is 9.47 Å².